The Morgan fingerprint density at radius 3 is 2.80 bits per heavy atom. The van der Waals surface area contributed by atoms with E-state index in [0.29, 0.717) is 12.0 Å². The average molecular weight is 278 g/mol. The van der Waals surface area contributed by atoms with Gasteiger partial charge in [-0.2, -0.15) is 4.98 Å². The highest BCUT2D eigenvalue weighted by Crippen LogP contribution is 2.36. The van der Waals surface area contributed by atoms with Crippen LogP contribution in [0, 0.1) is 12.8 Å². The molecule has 0 saturated heterocycles. The monoisotopic (exact) mass is 278 g/mol. The standard InChI is InChI=1S/C15H26N4O/c1-5-16-15-17-11(2)10-14(18-15)19(8-9-20-4)12(3)13-6-7-13/h10,12-13H,5-9H2,1-4H3,(H,16,17,18). The molecule has 1 fully saturated rings. The van der Waals surface area contributed by atoms with E-state index in [1.807, 2.05) is 6.92 Å². The second-order valence-electron chi connectivity index (χ2n) is 5.49. The highest BCUT2D eigenvalue weighted by molar-refractivity contribution is 5.46. The molecule has 1 heterocycles. The zero-order chi connectivity index (χ0) is 14.5. The maximum Gasteiger partial charge on any atom is 0.224 e. The van der Waals surface area contributed by atoms with E-state index in [-0.39, 0.29) is 0 Å². The number of aryl methyl sites for hydroxylation is 1. The van der Waals surface area contributed by atoms with Gasteiger partial charge in [0.1, 0.15) is 5.82 Å². The molecule has 1 unspecified atom stereocenters. The number of rotatable bonds is 8. The van der Waals surface area contributed by atoms with E-state index in [0.717, 1.165) is 37.1 Å². The SMILES string of the molecule is CCNc1nc(C)cc(N(CCOC)C(C)C2CC2)n1. The van der Waals surface area contributed by atoms with Crippen molar-refractivity contribution in [1.29, 1.82) is 0 Å². The normalized spacial score (nSPS) is 16.0. The number of hydrogen-bond acceptors (Lipinski definition) is 5. The summed E-state index contributed by atoms with van der Waals surface area (Å²) in [5.41, 5.74) is 0.997. The molecule has 5 nitrogen and oxygen atoms in total. The van der Waals surface area contributed by atoms with Crippen molar-refractivity contribution in [3.05, 3.63) is 11.8 Å². The molecule has 1 aliphatic carbocycles. The number of methoxy groups -OCH3 is 1. The fraction of sp³-hybridized carbons (Fsp3) is 0.733. The lowest BCUT2D eigenvalue weighted by Gasteiger charge is -2.30. The van der Waals surface area contributed by atoms with Gasteiger partial charge in [-0.15, -0.1) is 0 Å². The fourth-order valence-electron chi connectivity index (χ4n) is 2.49. The predicted octanol–water partition coefficient (Wildman–Crippen LogP) is 2.47. The summed E-state index contributed by atoms with van der Waals surface area (Å²) >= 11 is 0. The minimum Gasteiger partial charge on any atom is -0.383 e. The van der Waals surface area contributed by atoms with Gasteiger partial charge in [-0.05, 0) is 39.5 Å². The molecular weight excluding hydrogens is 252 g/mol. The maximum absolute atomic E-state index is 5.25. The minimum atomic E-state index is 0.508. The Balaban J connectivity index is 2.21. The summed E-state index contributed by atoms with van der Waals surface area (Å²) in [6.45, 7) is 8.78. The van der Waals surface area contributed by atoms with Crippen LogP contribution in [0.2, 0.25) is 0 Å². The summed E-state index contributed by atoms with van der Waals surface area (Å²) < 4.78 is 5.25. The molecule has 1 saturated carbocycles. The highest BCUT2D eigenvalue weighted by Gasteiger charge is 2.32. The second-order valence-corrected chi connectivity index (χ2v) is 5.49. The number of ether oxygens (including phenoxy) is 1. The van der Waals surface area contributed by atoms with E-state index in [4.69, 9.17) is 4.74 Å². The molecule has 0 radical (unpaired) electrons. The van der Waals surface area contributed by atoms with Crippen molar-refractivity contribution in [2.45, 2.75) is 39.7 Å². The number of hydrogen-bond donors (Lipinski definition) is 1. The quantitative estimate of drug-likeness (QED) is 0.791. The van der Waals surface area contributed by atoms with E-state index in [2.05, 4.69) is 40.1 Å². The molecule has 2 rings (SSSR count). The molecule has 0 aliphatic heterocycles. The molecule has 1 atom stereocenters. The molecule has 1 aromatic heterocycles. The minimum absolute atomic E-state index is 0.508. The number of nitrogens with one attached hydrogen (secondary N) is 1. The Bertz CT molecular complexity index is 434. The lowest BCUT2D eigenvalue weighted by molar-refractivity contribution is 0.202. The van der Waals surface area contributed by atoms with E-state index in [1.54, 1.807) is 7.11 Å². The van der Waals surface area contributed by atoms with Crippen LogP contribution in [0.3, 0.4) is 0 Å². The molecule has 1 aliphatic rings. The van der Waals surface area contributed by atoms with Crippen LogP contribution in [0.5, 0.6) is 0 Å². The van der Waals surface area contributed by atoms with Gasteiger partial charge in [0.2, 0.25) is 5.95 Å². The predicted molar refractivity (Wildman–Crippen MR) is 82.3 cm³/mol. The smallest absolute Gasteiger partial charge is 0.224 e. The summed E-state index contributed by atoms with van der Waals surface area (Å²) in [6.07, 6.45) is 2.66. The summed E-state index contributed by atoms with van der Waals surface area (Å²) in [5.74, 6) is 2.52. The summed E-state index contributed by atoms with van der Waals surface area (Å²) in [7, 11) is 1.75. The Labute approximate surface area is 121 Å². The third-order valence-electron chi connectivity index (χ3n) is 3.80. The van der Waals surface area contributed by atoms with Gasteiger partial charge < -0.3 is 15.0 Å². The van der Waals surface area contributed by atoms with Gasteiger partial charge in [0.25, 0.3) is 0 Å². The van der Waals surface area contributed by atoms with Gasteiger partial charge in [0, 0.05) is 38.0 Å². The first kappa shape index (κ1) is 15.0. The van der Waals surface area contributed by atoms with Crippen molar-refractivity contribution in [2.75, 3.05) is 37.0 Å². The summed E-state index contributed by atoms with van der Waals surface area (Å²) in [6, 6.07) is 2.57. The number of anilines is 2. The first-order valence-corrected chi connectivity index (χ1v) is 7.50. The van der Waals surface area contributed by atoms with Crippen LogP contribution in [-0.4, -0.2) is 42.8 Å². The topological polar surface area (TPSA) is 50.3 Å². The van der Waals surface area contributed by atoms with E-state index >= 15 is 0 Å². The Morgan fingerprint density at radius 1 is 1.45 bits per heavy atom. The van der Waals surface area contributed by atoms with E-state index in [1.165, 1.54) is 12.8 Å². The van der Waals surface area contributed by atoms with Gasteiger partial charge in [-0.25, -0.2) is 4.98 Å². The molecule has 0 spiro atoms. The molecule has 1 N–H and O–H groups in total. The van der Waals surface area contributed by atoms with Gasteiger partial charge in [0.05, 0.1) is 6.61 Å². The molecule has 5 heteroatoms. The van der Waals surface area contributed by atoms with Crippen molar-refractivity contribution in [1.82, 2.24) is 9.97 Å². The Hall–Kier alpha value is -1.36. The number of nitrogens with zero attached hydrogens (tertiary/aromatic N) is 3. The molecular formula is C15H26N4O. The Kier molecular flexibility index (Phi) is 5.17. The van der Waals surface area contributed by atoms with Crippen molar-refractivity contribution in [3.8, 4) is 0 Å². The van der Waals surface area contributed by atoms with Crippen LogP contribution >= 0.6 is 0 Å². The zero-order valence-corrected chi connectivity index (χ0v) is 13.0. The van der Waals surface area contributed by atoms with Gasteiger partial charge in [-0.3, -0.25) is 0 Å². The van der Waals surface area contributed by atoms with Crippen LogP contribution in [0.25, 0.3) is 0 Å². The summed E-state index contributed by atoms with van der Waals surface area (Å²) in [4.78, 5) is 11.4. The van der Waals surface area contributed by atoms with Crippen molar-refractivity contribution >= 4 is 11.8 Å². The first-order chi connectivity index (χ1) is 9.65. The molecule has 0 amide bonds. The largest absolute Gasteiger partial charge is 0.383 e. The third kappa shape index (κ3) is 3.82. The van der Waals surface area contributed by atoms with Gasteiger partial charge >= 0.3 is 0 Å². The van der Waals surface area contributed by atoms with Crippen LogP contribution in [0.4, 0.5) is 11.8 Å². The van der Waals surface area contributed by atoms with Crippen LogP contribution in [-0.2, 0) is 4.74 Å². The van der Waals surface area contributed by atoms with Crippen molar-refractivity contribution in [2.24, 2.45) is 5.92 Å². The fourth-order valence-corrected chi connectivity index (χ4v) is 2.49. The van der Waals surface area contributed by atoms with E-state index < -0.39 is 0 Å². The van der Waals surface area contributed by atoms with Crippen LogP contribution in [0.15, 0.2) is 6.07 Å². The lowest BCUT2D eigenvalue weighted by atomic mass is 10.2. The summed E-state index contributed by atoms with van der Waals surface area (Å²) in [5, 5.41) is 3.20. The lowest BCUT2D eigenvalue weighted by Crippen LogP contribution is -2.38. The van der Waals surface area contributed by atoms with Crippen LogP contribution in [0.1, 0.15) is 32.4 Å². The second kappa shape index (κ2) is 6.88. The molecule has 20 heavy (non-hydrogen) atoms. The van der Waals surface area contributed by atoms with Gasteiger partial charge in [0.15, 0.2) is 0 Å². The highest BCUT2D eigenvalue weighted by atomic mass is 16.5. The molecule has 0 bridgehead atoms. The van der Waals surface area contributed by atoms with Crippen molar-refractivity contribution in [3.63, 3.8) is 0 Å². The maximum atomic E-state index is 5.25. The Morgan fingerprint density at radius 2 is 2.20 bits per heavy atom. The van der Waals surface area contributed by atoms with Crippen LogP contribution < -0.4 is 10.2 Å². The molecule has 1 aromatic rings. The van der Waals surface area contributed by atoms with Gasteiger partial charge in [-0.1, -0.05) is 0 Å². The number of aromatic nitrogens is 2. The van der Waals surface area contributed by atoms with E-state index in [9.17, 15) is 0 Å². The average Bonchev–Trinajstić information content (AvgIpc) is 3.23. The molecule has 0 aromatic carbocycles. The first-order valence-electron chi connectivity index (χ1n) is 7.50. The zero-order valence-electron chi connectivity index (χ0n) is 13.0. The molecule has 112 valence electrons. The van der Waals surface area contributed by atoms with Crippen molar-refractivity contribution < 1.29 is 4.74 Å². The third-order valence-corrected chi connectivity index (χ3v) is 3.80.